The molecule has 4 saturated carbocycles. The Morgan fingerprint density at radius 3 is 2.10 bits per heavy atom. The van der Waals surface area contributed by atoms with Crippen molar-refractivity contribution in [2.75, 3.05) is 20.1 Å². The number of amides is 1. The van der Waals surface area contributed by atoms with Gasteiger partial charge in [0.15, 0.2) is 0 Å². The molecule has 0 aromatic carbocycles. The highest BCUT2D eigenvalue weighted by Gasteiger charge is 2.51. The van der Waals surface area contributed by atoms with Gasteiger partial charge in [-0.2, -0.15) is 0 Å². The minimum Gasteiger partial charge on any atom is -0.356 e. The topological polar surface area (TPSA) is 41.1 Å². The van der Waals surface area contributed by atoms with E-state index in [4.69, 9.17) is 0 Å². The Kier molecular flexibility index (Phi) is 5.36. The quantitative estimate of drug-likeness (QED) is 0.741. The summed E-state index contributed by atoms with van der Waals surface area (Å²) in [6, 6.07) is 0. The van der Waals surface area contributed by atoms with Gasteiger partial charge in [-0.05, 0) is 81.7 Å². The van der Waals surface area contributed by atoms with Gasteiger partial charge in [-0.1, -0.05) is 0 Å². The van der Waals surface area contributed by atoms with Crippen LogP contribution in [0.1, 0.15) is 51.4 Å². The van der Waals surface area contributed by atoms with E-state index in [1.165, 1.54) is 38.5 Å². The van der Waals surface area contributed by atoms with Crippen molar-refractivity contribution in [2.24, 2.45) is 23.2 Å². The molecule has 0 aromatic rings. The van der Waals surface area contributed by atoms with E-state index in [9.17, 15) is 4.79 Å². The molecule has 4 fully saturated rings. The highest BCUT2D eigenvalue weighted by atomic mass is 35.5. The molecular formula is C16H29ClN2O. The molecular weight excluding hydrogens is 272 g/mol. The lowest BCUT2D eigenvalue weighted by Gasteiger charge is -2.56. The van der Waals surface area contributed by atoms with Crippen LogP contribution in [0.2, 0.25) is 0 Å². The zero-order valence-electron chi connectivity index (χ0n) is 12.6. The van der Waals surface area contributed by atoms with Crippen LogP contribution in [0.25, 0.3) is 0 Å². The second-order valence-corrected chi connectivity index (χ2v) is 7.40. The van der Waals surface area contributed by atoms with E-state index in [1.54, 1.807) is 0 Å². The van der Waals surface area contributed by atoms with Gasteiger partial charge in [0.05, 0.1) is 0 Å². The lowest BCUT2D eigenvalue weighted by Crippen LogP contribution is -2.48. The summed E-state index contributed by atoms with van der Waals surface area (Å²) < 4.78 is 0. The van der Waals surface area contributed by atoms with E-state index in [2.05, 4.69) is 10.6 Å². The van der Waals surface area contributed by atoms with Gasteiger partial charge in [-0.15, -0.1) is 12.4 Å². The summed E-state index contributed by atoms with van der Waals surface area (Å²) >= 11 is 0. The number of halogens is 1. The molecule has 4 heteroatoms. The van der Waals surface area contributed by atoms with Crippen molar-refractivity contribution >= 4 is 18.3 Å². The summed E-state index contributed by atoms with van der Waals surface area (Å²) in [7, 11) is 1.96. The predicted molar refractivity (Wildman–Crippen MR) is 84.0 cm³/mol. The largest absolute Gasteiger partial charge is 0.356 e. The van der Waals surface area contributed by atoms with E-state index in [1.807, 2.05) is 7.05 Å². The third kappa shape index (κ3) is 3.48. The second-order valence-electron chi connectivity index (χ2n) is 7.40. The molecule has 0 atom stereocenters. The van der Waals surface area contributed by atoms with Gasteiger partial charge in [0, 0.05) is 13.0 Å². The maximum absolute atomic E-state index is 12.2. The van der Waals surface area contributed by atoms with Gasteiger partial charge in [0.2, 0.25) is 5.91 Å². The molecule has 116 valence electrons. The fourth-order valence-electron chi connectivity index (χ4n) is 5.40. The van der Waals surface area contributed by atoms with Crippen LogP contribution in [0, 0.1) is 23.2 Å². The number of carbonyl (C=O) groups is 1. The predicted octanol–water partition coefficient (Wildman–Crippen LogP) is 2.74. The lowest BCUT2D eigenvalue weighted by atomic mass is 9.49. The van der Waals surface area contributed by atoms with Crippen molar-refractivity contribution in [1.29, 1.82) is 0 Å². The number of hydrogen-bond donors (Lipinski definition) is 2. The number of rotatable bonds is 6. The van der Waals surface area contributed by atoms with Crippen molar-refractivity contribution in [2.45, 2.75) is 51.4 Å². The van der Waals surface area contributed by atoms with Crippen LogP contribution in [-0.4, -0.2) is 26.0 Å². The normalized spacial score (nSPS) is 37.5. The van der Waals surface area contributed by atoms with Crippen LogP contribution in [0.4, 0.5) is 0 Å². The van der Waals surface area contributed by atoms with E-state index >= 15 is 0 Å². The first-order valence-corrected chi connectivity index (χ1v) is 8.10. The van der Waals surface area contributed by atoms with Crippen LogP contribution in [0.3, 0.4) is 0 Å². The van der Waals surface area contributed by atoms with E-state index in [0.717, 1.165) is 43.7 Å². The van der Waals surface area contributed by atoms with Gasteiger partial charge in [0.25, 0.3) is 0 Å². The minimum absolute atomic E-state index is 0. The highest BCUT2D eigenvalue weighted by molar-refractivity contribution is 5.85. The smallest absolute Gasteiger partial charge is 0.220 e. The van der Waals surface area contributed by atoms with Crippen molar-refractivity contribution in [3.63, 3.8) is 0 Å². The molecule has 0 radical (unpaired) electrons. The van der Waals surface area contributed by atoms with E-state index in [-0.39, 0.29) is 12.4 Å². The lowest BCUT2D eigenvalue weighted by molar-refractivity contribution is -0.129. The third-order valence-corrected chi connectivity index (χ3v) is 5.63. The molecule has 0 aliphatic heterocycles. The van der Waals surface area contributed by atoms with Crippen LogP contribution in [-0.2, 0) is 4.79 Å². The Balaban J connectivity index is 0.00000147. The standard InChI is InChI=1S/C16H28N2O.ClH/c1-17-3-2-4-18-15(19)11-16-8-12-5-13(9-16)7-14(6-12)10-16;/h12-14,17H,2-11H2,1H3,(H,18,19);1H. The summed E-state index contributed by atoms with van der Waals surface area (Å²) in [6.45, 7) is 1.81. The molecule has 3 nitrogen and oxygen atoms in total. The third-order valence-electron chi connectivity index (χ3n) is 5.63. The van der Waals surface area contributed by atoms with Crippen molar-refractivity contribution in [3.05, 3.63) is 0 Å². The Morgan fingerprint density at radius 2 is 1.60 bits per heavy atom. The molecule has 0 saturated heterocycles. The fourth-order valence-corrected chi connectivity index (χ4v) is 5.40. The summed E-state index contributed by atoms with van der Waals surface area (Å²) in [5.41, 5.74) is 0.391. The van der Waals surface area contributed by atoms with Gasteiger partial charge >= 0.3 is 0 Å². The van der Waals surface area contributed by atoms with E-state index in [0.29, 0.717) is 11.3 Å². The number of carbonyl (C=O) groups excluding carboxylic acids is 1. The minimum atomic E-state index is 0. The van der Waals surface area contributed by atoms with Crippen LogP contribution in [0.15, 0.2) is 0 Å². The SMILES string of the molecule is CNCCCNC(=O)CC12CC3CC(CC(C3)C1)C2.Cl. The Labute approximate surface area is 129 Å². The second kappa shape index (κ2) is 6.65. The molecule has 1 amide bonds. The van der Waals surface area contributed by atoms with E-state index < -0.39 is 0 Å². The molecule has 0 aromatic heterocycles. The van der Waals surface area contributed by atoms with Crippen molar-refractivity contribution in [3.8, 4) is 0 Å². The summed E-state index contributed by atoms with van der Waals surface area (Å²) in [6.07, 6.45) is 10.2. The number of hydrogen-bond acceptors (Lipinski definition) is 2. The van der Waals surface area contributed by atoms with Crippen molar-refractivity contribution < 1.29 is 4.79 Å². The number of nitrogens with one attached hydrogen (secondary N) is 2. The maximum Gasteiger partial charge on any atom is 0.220 e. The Hall–Kier alpha value is -0.280. The molecule has 2 N–H and O–H groups in total. The summed E-state index contributed by atoms with van der Waals surface area (Å²) in [5, 5.41) is 6.23. The first-order valence-electron chi connectivity index (χ1n) is 8.10. The summed E-state index contributed by atoms with van der Waals surface area (Å²) in [4.78, 5) is 12.2. The van der Waals surface area contributed by atoms with Crippen LogP contribution in [0.5, 0.6) is 0 Å². The highest BCUT2D eigenvalue weighted by Crippen LogP contribution is 2.61. The maximum atomic E-state index is 12.2. The van der Waals surface area contributed by atoms with Gasteiger partial charge in [-0.25, -0.2) is 0 Å². The molecule has 4 rings (SSSR count). The van der Waals surface area contributed by atoms with Crippen LogP contribution < -0.4 is 10.6 Å². The molecule has 0 spiro atoms. The first-order chi connectivity index (χ1) is 9.19. The first kappa shape index (κ1) is 16.1. The van der Waals surface area contributed by atoms with Gasteiger partial charge < -0.3 is 10.6 Å². The molecule has 4 aliphatic carbocycles. The molecule has 0 heterocycles. The van der Waals surface area contributed by atoms with Crippen molar-refractivity contribution in [1.82, 2.24) is 10.6 Å². The summed E-state index contributed by atoms with van der Waals surface area (Å²) in [5.74, 6) is 3.15. The Bertz CT molecular complexity index is 310. The molecule has 4 bridgehead atoms. The monoisotopic (exact) mass is 300 g/mol. The average Bonchev–Trinajstić information content (AvgIpc) is 2.32. The Morgan fingerprint density at radius 1 is 1.05 bits per heavy atom. The molecule has 0 unspecified atom stereocenters. The van der Waals surface area contributed by atoms with Crippen LogP contribution >= 0.6 is 12.4 Å². The fraction of sp³-hybridized carbons (Fsp3) is 0.938. The average molecular weight is 301 g/mol. The van der Waals surface area contributed by atoms with Gasteiger partial charge in [-0.3, -0.25) is 4.79 Å². The zero-order chi connectivity index (χ0) is 13.3. The molecule has 20 heavy (non-hydrogen) atoms. The van der Waals surface area contributed by atoms with Gasteiger partial charge in [0.1, 0.15) is 0 Å². The zero-order valence-corrected chi connectivity index (χ0v) is 13.4. The molecule has 4 aliphatic rings.